The van der Waals surface area contributed by atoms with Crippen LogP contribution in [0.15, 0.2) is 46.1 Å². The number of aliphatic hydroxyl groups excluding tert-OH is 12. The van der Waals surface area contributed by atoms with Crippen LogP contribution in [0.25, 0.3) is 0 Å². The molecule has 4 aliphatic heterocycles. The summed E-state index contributed by atoms with van der Waals surface area (Å²) >= 11 is -2.05. The molecule has 12 N–H and O–H groups in total. The van der Waals surface area contributed by atoms with Gasteiger partial charge < -0.3 is 50.3 Å². The number of carbonyl (C=O) groups excluding carboxylic acids is 4. The maximum absolute atomic E-state index is 11.3. The van der Waals surface area contributed by atoms with Crippen molar-refractivity contribution in [3.63, 3.8) is 0 Å². The summed E-state index contributed by atoms with van der Waals surface area (Å²) in [5.41, 5.74) is 0. The van der Waals surface area contributed by atoms with Crippen LogP contribution in [0.4, 0.5) is 0 Å². The molecule has 0 saturated carbocycles. The van der Waals surface area contributed by atoms with Crippen molar-refractivity contribution in [2.24, 2.45) is 0 Å². The van der Waals surface area contributed by atoms with E-state index in [-0.39, 0.29) is 23.1 Å². The standard InChI is InChI=1S/C12H14GeO12.2C6H8O6.Mg/c14-1-3(16)7-9(5(18)11(20)22-7)24-13-25-10-6(19)12(21)23-8(10)4(17)2-15;2*7-1-2(8)5-3(9)4(10)6(11)12-5;/h3-4,7-8,14-19H,1-2H2;2*2,5,7-10H,1H2;/q;;;+2/p-2/t3-,4-,7+,8+;2*2-,5+;/m000./s1. The molecular weight excluding hydrogens is 769 g/mol. The predicted molar refractivity (Wildman–Crippen MR) is 144 cm³/mol. The van der Waals surface area contributed by atoms with E-state index in [2.05, 4.69) is 18.9 Å². The van der Waals surface area contributed by atoms with Crippen molar-refractivity contribution in [2.45, 2.75) is 48.8 Å². The quantitative estimate of drug-likeness (QED) is 0.0495. The van der Waals surface area contributed by atoms with Gasteiger partial charge in [0.25, 0.3) is 0 Å². The zero-order chi connectivity index (χ0) is 37.3. The predicted octanol–water partition coefficient (Wildman–Crippen LogP) is -8.94. The number of rotatable bonds is 12. The largest absolute Gasteiger partial charge is 2.00 e. The van der Waals surface area contributed by atoms with Gasteiger partial charge in [0.15, 0.2) is 11.5 Å². The van der Waals surface area contributed by atoms with E-state index in [1.54, 1.807) is 0 Å². The molecule has 0 unspecified atom stereocenters. The van der Waals surface area contributed by atoms with Crippen molar-refractivity contribution in [3.05, 3.63) is 46.1 Å². The first-order valence-electron chi connectivity index (χ1n) is 13.1. The van der Waals surface area contributed by atoms with Crippen LogP contribution < -0.4 is 10.2 Å². The minimum Gasteiger partial charge on any atom is 2.00 e. The monoisotopic (exact) mass is 798 g/mol. The third-order valence-corrected chi connectivity index (χ3v) is 7.40. The van der Waals surface area contributed by atoms with Crippen molar-refractivity contribution in [1.29, 1.82) is 0 Å². The Labute approximate surface area is 300 Å². The second-order valence-electron chi connectivity index (χ2n) is 9.44. The van der Waals surface area contributed by atoms with Gasteiger partial charge in [0.2, 0.25) is 0 Å². The summed E-state index contributed by atoms with van der Waals surface area (Å²) in [6.07, 6.45) is -11.9. The summed E-state index contributed by atoms with van der Waals surface area (Å²) < 4.78 is 27.9. The molecule has 2 radical (unpaired) electrons. The topological polar surface area (TPSA) is 413 Å². The molecule has 274 valence electrons. The Morgan fingerprint density at radius 1 is 0.520 bits per heavy atom. The smallest absolute Gasteiger partial charge is 2.00 e. The fourth-order valence-electron chi connectivity index (χ4n) is 3.56. The molecule has 4 rings (SSSR count). The Hall–Kier alpha value is -3.77. The fraction of sp³-hybridized carbons (Fsp3) is 0.500. The van der Waals surface area contributed by atoms with E-state index in [4.69, 9.17) is 48.4 Å². The van der Waals surface area contributed by atoms with Gasteiger partial charge in [-0.3, -0.25) is 0 Å². The molecule has 4 aliphatic rings. The molecule has 0 amide bonds. The molecule has 0 aromatic heterocycles. The Balaban J connectivity index is 0.000000418. The first-order valence-corrected chi connectivity index (χ1v) is 14.8. The first kappa shape index (κ1) is 44.3. The van der Waals surface area contributed by atoms with Crippen LogP contribution in [0.2, 0.25) is 0 Å². The molecule has 0 spiro atoms. The molecule has 0 aromatic rings. The Morgan fingerprint density at radius 3 is 1.00 bits per heavy atom. The summed E-state index contributed by atoms with van der Waals surface area (Å²) in [6, 6.07) is 0. The molecule has 24 nitrogen and oxygen atoms in total. The van der Waals surface area contributed by atoms with Crippen molar-refractivity contribution in [2.75, 3.05) is 26.4 Å². The van der Waals surface area contributed by atoms with E-state index in [9.17, 15) is 49.8 Å². The van der Waals surface area contributed by atoms with Gasteiger partial charge >= 0.3 is 181 Å². The summed E-state index contributed by atoms with van der Waals surface area (Å²) in [6.45, 7) is -2.98. The van der Waals surface area contributed by atoms with Crippen LogP contribution in [0.1, 0.15) is 0 Å². The van der Waals surface area contributed by atoms with E-state index in [0.717, 1.165) is 0 Å². The van der Waals surface area contributed by atoms with Gasteiger partial charge in [-0.25, -0.2) is 9.59 Å². The number of ether oxygens (including phenoxy) is 4. The average Bonchev–Trinajstić information content (AvgIpc) is 3.73. The zero-order valence-corrected chi connectivity index (χ0v) is 28.4. The van der Waals surface area contributed by atoms with Gasteiger partial charge in [-0.15, -0.1) is 0 Å². The minimum absolute atomic E-state index is 0. The number of esters is 4. The molecule has 0 aromatic carbocycles. The average molecular weight is 797 g/mol. The second kappa shape index (κ2) is 19.6. The maximum Gasteiger partial charge on any atom is 2.00 e. The van der Waals surface area contributed by atoms with Gasteiger partial charge in [0.1, 0.15) is 24.4 Å². The molecule has 50 heavy (non-hydrogen) atoms. The normalized spacial score (nSPS) is 25.3. The SMILES string of the molecule is O=C1O[C@H]([C@@H](O)CO)C([O-])=C1O.O=C1O[C@H]([C@@H](O)CO)C([O-])=C1O.O=C1O[C@H]([C@@H](O)CO)C([O][Ge][O]C2=C(O)C(=O)O[C@@H]2[C@@H](O)CO)=C1O.[Mg+2]. The van der Waals surface area contributed by atoms with E-state index < -0.39 is 161 Å². The van der Waals surface area contributed by atoms with Crippen molar-refractivity contribution in [3.8, 4) is 0 Å². The summed E-state index contributed by atoms with van der Waals surface area (Å²) in [7, 11) is 0. The molecule has 26 heteroatoms. The van der Waals surface area contributed by atoms with Crippen LogP contribution in [-0.4, -0.2) is 200 Å². The minimum atomic E-state index is -2.05. The Morgan fingerprint density at radius 2 is 0.760 bits per heavy atom. The van der Waals surface area contributed by atoms with Crippen molar-refractivity contribution < 1.29 is 117 Å². The molecule has 0 fully saturated rings. The molecule has 4 heterocycles. The van der Waals surface area contributed by atoms with Crippen LogP contribution in [0.3, 0.4) is 0 Å². The third-order valence-electron chi connectivity index (χ3n) is 6.13. The summed E-state index contributed by atoms with van der Waals surface area (Å²) in [4.78, 5) is 43.6. The Bertz CT molecular complexity index is 1290. The first-order chi connectivity index (χ1) is 23.0. The van der Waals surface area contributed by atoms with E-state index in [1.807, 2.05) is 0 Å². The van der Waals surface area contributed by atoms with E-state index in [1.165, 1.54) is 0 Å². The van der Waals surface area contributed by atoms with Crippen LogP contribution >= 0.6 is 0 Å². The van der Waals surface area contributed by atoms with Crippen LogP contribution in [0, 0.1) is 0 Å². The molecule has 0 aliphatic carbocycles. The fourth-order valence-corrected chi connectivity index (χ4v) is 4.92. The maximum atomic E-state index is 11.3. The summed E-state index contributed by atoms with van der Waals surface area (Å²) in [5, 5.41) is 130. The van der Waals surface area contributed by atoms with E-state index in [0.29, 0.717) is 0 Å². The van der Waals surface area contributed by atoms with Gasteiger partial charge in [-0.05, 0) is 11.5 Å². The second-order valence-corrected chi connectivity index (χ2v) is 10.6. The van der Waals surface area contributed by atoms with Crippen LogP contribution in [-0.2, 0) is 45.7 Å². The number of aliphatic hydroxyl groups is 12. The van der Waals surface area contributed by atoms with Gasteiger partial charge in [0, 0.05) is 0 Å². The third kappa shape index (κ3) is 10.2. The van der Waals surface area contributed by atoms with Gasteiger partial charge in [-0.2, -0.15) is 0 Å². The molecule has 0 saturated heterocycles. The number of carbonyl (C=O) groups is 4. The van der Waals surface area contributed by atoms with Crippen molar-refractivity contribution in [1.82, 2.24) is 0 Å². The number of hydrogen-bond acceptors (Lipinski definition) is 24. The van der Waals surface area contributed by atoms with Gasteiger partial charge in [-0.1, -0.05) is 0 Å². The molecule has 8 atom stereocenters. The van der Waals surface area contributed by atoms with E-state index >= 15 is 0 Å². The molecular formula is C24H28GeMgO24. The zero-order valence-electron chi connectivity index (χ0n) is 24.9. The van der Waals surface area contributed by atoms with Gasteiger partial charge in [0.05, 0.1) is 13.2 Å². The molecule has 0 bridgehead atoms. The Kier molecular flexibility index (Phi) is 17.3. The number of cyclic esters (lactones) is 4. The van der Waals surface area contributed by atoms with Crippen molar-refractivity contribution >= 4 is 63.0 Å². The van der Waals surface area contributed by atoms with Crippen LogP contribution in [0.5, 0.6) is 0 Å². The number of hydrogen-bond donors (Lipinski definition) is 12. The summed E-state index contributed by atoms with van der Waals surface area (Å²) in [5.74, 6) is -11.5.